The van der Waals surface area contributed by atoms with Crippen LogP contribution in [0.2, 0.25) is 5.02 Å². The number of carbonyl (C=O) groups excluding carboxylic acids is 1. The number of hydrogen-bond acceptors (Lipinski definition) is 5. The highest BCUT2D eigenvalue weighted by Crippen LogP contribution is 2.29. The minimum Gasteiger partial charge on any atom is -0.495 e. The number of benzene rings is 1. The van der Waals surface area contributed by atoms with Crippen molar-refractivity contribution in [1.29, 1.82) is 0 Å². The monoisotopic (exact) mass is 413 g/mol. The van der Waals surface area contributed by atoms with Gasteiger partial charge in [-0.25, -0.2) is 9.67 Å². The van der Waals surface area contributed by atoms with Crippen molar-refractivity contribution in [2.45, 2.75) is 20.4 Å². The van der Waals surface area contributed by atoms with Gasteiger partial charge in [-0.15, -0.1) is 0 Å². The number of pyridine rings is 1. The second kappa shape index (κ2) is 7.91. The third-order valence-electron chi connectivity index (χ3n) is 5.34. The first kappa shape index (κ1) is 19.5. The van der Waals surface area contributed by atoms with Crippen molar-refractivity contribution >= 4 is 34.2 Å². The largest absolute Gasteiger partial charge is 0.495 e. The molecule has 0 atom stereocenters. The summed E-state index contributed by atoms with van der Waals surface area (Å²) < 4.78 is 7.03. The standard InChI is InChI=1S/C21H24ClN5O2/c1-14-4-6-17-15(2)24-27(21(17)23-14)13-20(28)26-10-8-25(9-11-26)16-5-7-18(22)19(12-16)29-3/h4-7,12H,8-11,13H2,1-3H3. The molecule has 2 aromatic heterocycles. The molecule has 3 aromatic rings. The van der Waals surface area contributed by atoms with Crippen LogP contribution in [0.4, 0.5) is 5.69 Å². The number of hydrogen-bond donors (Lipinski definition) is 0. The van der Waals surface area contributed by atoms with E-state index in [0.717, 1.165) is 41.2 Å². The number of fused-ring (bicyclic) bond motifs is 1. The average Bonchev–Trinajstić information content (AvgIpc) is 3.03. The van der Waals surface area contributed by atoms with Crippen LogP contribution in [0.1, 0.15) is 11.4 Å². The van der Waals surface area contributed by atoms with Gasteiger partial charge in [0.15, 0.2) is 5.65 Å². The second-order valence-corrected chi connectivity index (χ2v) is 7.66. The van der Waals surface area contributed by atoms with Crippen molar-refractivity contribution in [2.75, 3.05) is 38.2 Å². The number of methoxy groups -OCH3 is 1. The highest BCUT2D eigenvalue weighted by atomic mass is 35.5. The molecule has 1 amide bonds. The molecule has 1 aliphatic heterocycles. The Bertz CT molecular complexity index is 1060. The molecular weight excluding hydrogens is 390 g/mol. The fourth-order valence-electron chi connectivity index (χ4n) is 3.70. The van der Waals surface area contributed by atoms with Gasteiger partial charge in [0.05, 0.1) is 17.8 Å². The van der Waals surface area contributed by atoms with E-state index in [0.29, 0.717) is 23.9 Å². The molecule has 1 aliphatic rings. The molecule has 0 spiro atoms. The molecule has 0 saturated carbocycles. The summed E-state index contributed by atoms with van der Waals surface area (Å²) >= 11 is 6.12. The second-order valence-electron chi connectivity index (χ2n) is 7.25. The zero-order valence-corrected chi connectivity index (χ0v) is 17.6. The van der Waals surface area contributed by atoms with E-state index in [9.17, 15) is 4.79 Å². The molecule has 29 heavy (non-hydrogen) atoms. The van der Waals surface area contributed by atoms with Gasteiger partial charge in [0.2, 0.25) is 5.91 Å². The third kappa shape index (κ3) is 3.87. The van der Waals surface area contributed by atoms with Crippen LogP contribution in [-0.2, 0) is 11.3 Å². The topological polar surface area (TPSA) is 63.5 Å². The van der Waals surface area contributed by atoms with E-state index in [1.165, 1.54) is 0 Å². The highest BCUT2D eigenvalue weighted by molar-refractivity contribution is 6.32. The molecule has 0 aliphatic carbocycles. The molecule has 0 radical (unpaired) electrons. The number of carbonyl (C=O) groups is 1. The summed E-state index contributed by atoms with van der Waals surface area (Å²) in [5.74, 6) is 0.720. The number of nitrogens with zero attached hydrogens (tertiary/aromatic N) is 5. The number of ether oxygens (including phenoxy) is 1. The fourth-order valence-corrected chi connectivity index (χ4v) is 3.90. The van der Waals surface area contributed by atoms with E-state index in [4.69, 9.17) is 16.3 Å². The number of amides is 1. The van der Waals surface area contributed by atoms with Crippen LogP contribution in [0.5, 0.6) is 5.75 Å². The predicted octanol–water partition coefficient (Wildman–Crippen LogP) is 3.06. The highest BCUT2D eigenvalue weighted by Gasteiger charge is 2.23. The smallest absolute Gasteiger partial charge is 0.244 e. The first-order valence-corrected chi connectivity index (χ1v) is 10.0. The molecule has 1 saturated heterocycles. The minimum absolute atomic E-state index is 0.0612. The van der Waals surface area contributed by atoms with Gasteiger partial charge in [-0.3, -0.25) is 4.79 Å². The molecule has 1 aromatic carbocycles. The van der Waals surface area contributed by atoms with Gasteiger partial charge in [-0.1, -0.05) is 11.6 Å². The van der Waals surface area contributed by atoms with E-state index in [-0.39, 0.29) is 12.5 Å². The van der Waals surface area contributed by atoms with Gasteiger partial charge >= 0.3 is 0 Å². The normalized spacial score (nSPS) is 14.5. The van der Waals surface area contributed by atoms with Crippen LogP contribution in [0, 0.1) is 13.8 Å². The van der Waals surface area contributed by atoms with Crippen LogP contribution < -0.4 is 9.64 Å². The Morgan fingerprint density at radius 3 is 2.62 bits per heavy atom. The van der Waals surface area contributed by atoms with Gasteiger partial charge in [0.1, 0.15) is 12.3 Å². The molecule has 3 heterocycles. The number of anilines is 1. The van der Waals surface area contributed by atoms with Gasteiger partial charge in [-0.05, 0) is 38.1 Å². The maximum atomic E-state index is 12.9. The van der Waals surface area contributed by atoms with Gasteiger partial charge in [0.25, 0.3) is 0 Å². The van der Waals surface area contributed by atoms with E-state index in [2.05, 4.69) is 15.0 Å². The Labute approximate surface area is 174 Å². The molecule has 152 valence electrons. The van der Waals surface area contributed by atoms with Crippen molar-refractivity contribution in [3.63, 3.8) is 0 Å². The van der Waals surface area contributed by atoms with Crippen LogP contribution in [0.15, 0.2) is 30.3 Å². The summed E-state index contributed by atoms with van der Waals surface area (Å²) in [6.45, 7) is 6.93. The molecule has 4 rings (SSSR count). The molecule has 0 bridgehead atoms. The first-order chi connectivity index (χ1) is 14.0. The zero-order valence-electron chi connectivity index (χ0n) is 16.9. The number of aromatic nitrogens is 3. The summed E-state index contributed by atoms with van der Waals surface area (Å²) in [4.78, 5) is 21.6. The summed E-state index contributed by atoms with van der Waals surface area (Å²) in [7, 11) is 1.61. The van der Waals surface area contributed by atoms with Crippen LogP contribution in [0.25, 0.3) is 11.0 Å². The number of piperazine rings is 1. The Kier molecular flexibility index (Phi) is 5.32. The molecular formula is C21H24ClN5O2. The third-order valence-corrected chi connectivity index (χ3v) is 5.65. The molecule has 0 unspecified atom stereocenters. The number of rotatable bonds is 4. The Balaban J connectivity index is 1.43. The van der Waals surface area contributed by atoms with Crippen LogP contribution in [-0.4, -0.2) is 58.9 Å². The van der Waals surface area contributed by atoms with E-state index in [1.54, 1.807) is 11.8 Å². The number of halogens is 1. The van der Waals surface area contributed by atoms with Crippen LogP contribution >= 0.6 is 11.6 Å². The van der Waals surface area contributed by atoms with Crippen molar-refractivity contribution in [2.24, 2.45) is 0 Å². The molecule has 0 N–H and O–H groups in total. The van der Waals surface area contributed by atoms with E-state index < -0.39 is 0 Å². The van der Waals surface area contributed by atoms with E-state index in [1.807, 2.05) is 49.1 Å². The van der Waals surface area contributed by atoms with Crippen LogP contribution in [0.3, 0.4) is 0 Å². The summed E-state index contributed by atoms with van der Waals surface area (Å²) in [6.07, 6.45) is 0. The van der Waals surface area contributed by atoms with Gasteiger partial charge in [-0.2, -0.15) is 5.10 Å². The summed E-state index contributed by atoms with van der Waals surface area (Å²) in [6, 6.07) is 9.74. The zero-order chi connectivity index (χ0) is 20.5. The lowest BCUT2D eigenvalue weighted by atomic mass is 10.2. The van der Waals surface area contributed by atoms with Gasteiger partial charge in [0, 0.05) is 49.0 Å². The average molecular weight is 414 g/mol. The van der Waals surface area contributed by atoms with Crippen molar-refractivity contribution < 1.29 is 9.53 Å². The lowest BCUT2D eigenvalue weighted by Gasteiger charge is -2.36. The maximum absolute atomic E-state index is 12.9. The Morgan fingerprint density at radius 1 is 1.14 bits per heavy atom. The Hall–Kier alpha value is -2.80. The van der Waals surface area contributed by atoms with Crippen molar-refractivity contribution in [3.8, 4) is 5.75 Å². The van der Waals surface area contributed by atoms with Crippen molar-refractivity contribution in [1.82, 2.24) is 19.7 Å². The maximum Gasteiger partial charge on any atom is 0.244 e. The molecule has 8 heteroatoms. The first-order valence-electron chi connectivity index (χ1n) is 9.63. The molecule has 7 nitrogen and oxygen atoms in total. The minimum atomic E-state index is 0.0612. The molecule has 1 fully saturated rings. The van der Waals surface area contributed by atoms with Gasteiger partial charge < -0.3 is 14.5 Å². The van der Waals surface area contributed by atoms with E-state index >= 15 is 0 Å². The SMILES string of the molecule is COc1cc(N2CCN(C(=O)Cn3nc(C)c4ccc(C)nc43)CC2)ccc1Cl. The Morgan fingerprint density at radius 2 is 1.90 bits per heavy atom. The quantitative estimate of drug-likeness (QED) is 0.657. The summed E-state index contributed by atoms with van der Waals surface area (Å²) in [5.41, 5.74) is 3.62. The summed E-state index contributed by atoms with van der Waals surface area (Å²) in [5, 5.41) is 6.11. The fraction of sp³-hybridized carbons (Fsp3) is 0.381. The lowest BCUT2D eigenvalue weighted by molar-refractivity contribution is -0.132. The van der Waals surface area contributed by atoms with Crippen molar-refractivity contribution in [3.05, 3.63) is 46.7 Å². The predicted molar refractivity (Wildman–Crippen MR) is 114 cm³/mol. The number of aryl methyl sites for hydroxylation is 2. The lowest BCUT2D eigenvalue weighted by Crippen LogP contribution is -2.49.